The van der Waals surface area contributed by atoms with E-state index in [1.807, 2.05) is 19.2 Å². The Hall–Kier alpha value is -1.06. The molecule has 0 bridgehead atoms. The van der Waals surface area contributed by atoms with Crippen LogP contribution in [0, 0.1) is 5.92 Å². The zero-order chi connectivity index (χ0) is 13.9. The average Bonchev–Trinajstić information content (AvgIpc) is 2.44. The van der Waals surface area contributed by atoms with Gasteiger partial charge in [-0.1, -0.05) is 18.6 Å². The lowest BCUT2D eigenvalue weighted by atomic mass is 9.94. The maximum atomic E-state index is 5.19. The van der Waals surface area contributed by atoms with E-state index in [1.165, 1.54) is 18.4 Å². The van der Waals surface area contributed by atoms with Gasteiger partial charge in [0.25, 0.3) is 0 Å². The molecule has 3 heteroatoms. The summed E-state index contributed by atoms with van der Waals surface area (Å²) in [5, 5.41) is 3.30. The van der Waals surface area contributed by atoms with Crippen LogP contribution in [0.3, 0.4) is 0 Å². The fourth-order valence-electron chi connectivity index (χ4n) is 2.34. The van der Waals surface area contributed by atoms with Crippen LogP contribution in [0.25, 0.3) is 0 Å². The van der Waals surface area contributed by atoms with Crippen molar-refractivity contribution in [3.63, 3.8) is 0 Å². The molecule has 1 aromatic carbocycles. The van der Waals surface area contributed by atoms with Crippen molar-refractivity contribution < 1.29 is 9.47 Å². The molecule has 0 saturated carbocycles. The fraction of sp³-hybridized carbons (Fsp3) is 0.625. The summed E-state index contributed by atoms with van der Waals surface area (Å²) < 4.78 is 10.3. The molecule has 108 valence electrons. The summed E-state index contributed by atoms with van der Waals surface area (Å²) in [7, 11) is 5.49. The minimum absolute atomic E-state index is 0.690. The summed E-state index contributed by atoms with van der Waals surface area (Å²) in [5.41, 5.74) is 1.38. The Kier molecular flexibility index (Phi) is 8.26. The first-order valence-corrected chi connectivity index (χ1v) is 7.06. The smallest absolute Gasteiger partial charge is 0.118 e. The molecule has 0 aliphatic carbocycles. The van der Waals surface area contributed by atoms with Crippen molar-refractivity contribution in [2.24, 2.45) is 5.92 Å². The van der Waals surface area contributed by atoms with Gasteiger partial charge in [0.1, 0.15) is 5.75 Å². The number of hydrogen-bond donors (Lipinski definition) is 1. The third-order valence-electron chi connectivity index (χ3n) is 3.39. The number of methoxy groups -OCH3 is 2. The third kappa shape index (κ3) is 6.60. The molecule has 0 saturated heterocycles. The summed E-state index contributed by atoms with van der Waals surface area (Å²) in [6.45, 7) is 1.94. The number of benzene rings is 1. The first-order valence-electron chi connectivity index (χ1n) is 7.06. The second-order valence-electron chi connectivity index (χ2n) is 4.96. The lowest BCUT2D eigenvalue weighted by Gasteiger charge is -2.16. The first kappa shape index (κ1) is 16.0. The van der Waals surface area contributed by atoms with Gasteiger partial charge in [0, 0.05) is 13.7 Å². The van der Waals surface area contributed by atoms with E-state index >= 15 is 0 Å². The SMILES string of the molecule is CNCC(CCCCOC)Cc1ccc(OC)cc1. The van der Waals surface area contributed by atoms with Gasteiger partial charge in [-0.25, -0.2) is 0 Å². The molecule has 3 nitrogen and oxygen atoms in total. The van der Waals surface area contributed by atoms with Gasteiger partial charge in [0.05, 0.1) is 7.11 Å². The zero-order valence-electron chi connectivity index (χ0n) is 12.4. The molecule has 0 radical (unpaired) electrons. The Morgan fingerprint density at radius 3 is 2.42 bits per heavy atom. The maximum absolute atomic E-state index is 5.19. The summed E-state index contributed by atoms with van der Waals surface area (Å²) in [4.78, 5) is 0. The monoisotopic (exact) mass is 265 g/mol. The summed E-state index contributed by atoms with van der Waals surface area (Å²) >= 11 is 0. The molecule has 0 amide bonds. The average molecular weight is 265 g/mol. The number of ether oxygens (including phenoxy) is 2. The maximum Gasteiger partial charge on any atom is 0.118 e. The van der Waals surface area contributed by atoms with Gasteiger partial charge in [-0.2, -0.15) is 0 Å². The van der Waals surface area contributed by atoms with Crippen LogP contribution in [0.1, 0.15) is 24.8 Å². The van der Waals surface area contributed by atoms with Gasteiger partial charge in [-0.3, -0.25) is 0 Å². The van der Waals surface area contributed by atoms with Crippen molar-refractivity contribution in [2.45, 2.75) is 25.7 Å². The van der Waals surface area contributed by atoms with Crippen LogP contribution >= 0.6 is 0 Å². The summed E-state index contributed by atoms with van der Waals surface area (Å²) in [6, 6.07) is 8.40. The Labute approximate surface area is 117 Å². The lowest BCUT2D eigenvalue weighted by molar-refractivity contribution is 0.190. The number of nitrogens with one attached hydrogen (secondary N) is 1. The van der Waals surface area contributed by atoms with Gasteiger partial charge in [-0.15, -0.1) is 0 Å². The molecule has 0 spiro atoms. The van der Waals surface area contributed by atoms with Gasteiger partial charge in [0.15, 0.2) is 0 Å². The van der Waals surface area contributed by atoms with Crippen LogP contribution in [0.2, 0.25) is 0 Å². The van der Waals surface area contributed by atoms with Crippen molar-refractivity contribution in [1.29, 1.82) is 0 Å². The second-order valence-corrected chi connectivity index (χ2v) is 4.96. The van der Waals surface area contributed by atoms with E-state index in [4.69, 9.17) is 9.47 Å². The minimum atomic E-state index is 0.690. The van der Waals surface area contributed by atoms with Crippen LogP contribution in [0.5, 0.6) is 5.75 Å². The molecule has 1 N–H and O–H groups in total. The van der Waals surface area contributed by atoms with Crippen LogP contribution in [0.4, 0.5) is 0 Å². The van der Waals surface area contributed by atoms with Crippen molar-refractivity contribution >= 4 is 0 Å². The predicted octanol–water partition coefficient (Wildman–Crippen LogP) is 2.89. The van der Waals surface area contributed by atoms with Crippen molar-refractivity contribution in [2.75, 3.05) is 34.4 Å². The molecule has 1 aromatic rings. The van der Waals surface area contributed by atoms with E-state index in [1.54, 1.807) is 14.2 Å². The normalized spacial score (nSPS) is 12.4. The predicted molar refractivity (Wildman–Crippen MR) is 79.8 cm³/mol. The molecular formula is C16H27NO2. The van der Waals surface area contributed by atoms with E-state index in [0.29, 0.717) is 5.92 Å². The van der Waals surface area contributed by atoms with E-state index in [2.05, 4.69) is 17.4 Å². The Bertz CT molecular complexity index is 324. The van der Waals surface area contributed by atoms with Gasteiger partial charge < -0.3 is 14.8 Å². The highest BCUT2D eigenvalue weighted by Gasteiger charge is 2.09. The number of unbranched alkanes of at least 4 members (excludes halogenated alkanes) is 1. The van der Waals surface area contributed by atoms with Crippen LogP contribution in [0.15, 0.2) is 24.3 Å². The topological polar surface area (TPSA) is 30.5 Å². The summed E-state index contributed by atoms with van der Waals surface area (Å²) in [5.74, 6) is 1.62. The lowest BCUT2D eigenvalue weighted by Crippen LogP contribution is -2.21. The molecule has 1 rings (SSSR count). The second kappa shape index (κ2) is 9.82. The molecule has 1 unspecified atom stereocenters. The van der Waals surface area contributed by atoms with Crippen molar-refractivity contribution in [3.05, 3.63) is 29.8 Å². The summed E-state index contributed by atoms with van der Waals surface area (Å²) in [6.07, 6.45) is 4.75. The Morgan fingerprint density at radius 1 is 1.11 bits per heavy atom. The minimum Gasteiger partial charge on any atom is -0.497 e. The first-order chi connectivity index (χ1) is 9.30. The highest BCUT2D eigenvalue weighted by Crippen LogP contribution is 2.18. The van der Waals surface area contributed by atoms with Crippen LogP contribution in [-0.4, -0.2) is 34.4 Å². The van der Waals surface area contributed by atoms with Crippen molar-refractivity contribution in [1.82, 2.24) is 5.32 Å². The molecular weight excluding hydrogens is 238 g/mol. The molecule has 0 aliphatic heterocycles. The Morgan fingerprint density at radius 2 is 1.84 bits per heavy atom. The zero-order valence-corrected chi connectivity index (χ0v) is 12.4. The highest BCUT2D eigenvalue weighted by atomic mass is 16.5. The number of hydrogen-bond acceptors (Lipinski definition) is 3. The third-order valence-corrected chi connectivity index (χ3v) is 3.39. The standard InChI is InChI=1S/C16H27NO2/c1-17-13-15(6-4-5-11-18-2)12-14-7-9-16(19-3)10-8-14/h7-10,15,17H,4-6,11-13H2,1-3H3. The van der Waals surface area contributed by atoms with Gasteiger partial charge >= 0.3 is 0 Å². The molecule has 19 heavy (non-hydrogen) atoms. The van der Waals surface area contributed by atoms with Gasteiger partial charge in [-0.05, 0) is 56.5 Å². The molecule has 1 atom stereocenters. The van der Waals surface area contributed by atoms with E-state index in [-0.39, 0.29) is 0 Å². The Balaban J connectivity index is 2.42. The quantitative estimate of drug-likeness (QED) is 0.660. The molecule has 0 aliphatic rings. The molecule has 0 heterocycles. The fourth-order valence-corrected chi connectivity index (χ4v) is 2.34. The molecule has 0 aromatic heterocycles. The largest absolute Gasteiger partial charge is 0.497 e. The van der Waals surface area contributed by atoms with Crippen LogP contribution < -0.4 is 10.1 Å². The highest BCUT2D eigenvalue weighted by molar-refractivity contribution is 5.27. The van der Waals surface area contributed by atoms with Gasteiger partial charge in [0.2, 0.25) is 0 Å². The molecule has 0 fully saturated rings. The van der Waals surface area contributed by atoms with Crippen LogP contribution in [-0.2, 0) is 11.2 Å². The van der Waals surface area contributed by atoms with E-state index in [0.717, 1.165) is 31.7 Å². The van der Waals surface area contributed by atoms with E-state index < -0.39 is 0 Å². The van der Waals surface area contributed by atoms with Crippen molar-refractivity contribution in [3.8, 4) is 5.75 Å². The van der Waals surface area contributed by atoms with E-state index in [9.17, 15) is 0 Å². The number of rotatable bonds is 10.